The monoisotopic (exact) mass is 308 g/mol. The molecule has 0 saturated heterocycles. The number of halogens is 1. The Hall–Kier alpha value is -1.03. The van der Waals surface area contributed by atoms with Crippen molar-refractivity contribution < 1.29 is 0 Å². The fourth-order valence-corrected chi connectivity index (χ4v) is 4.27. The van der Waals surface area contributed by atoms with Gasteiger partial charge >= 0.3 is 0 Å². The van der Waals surface area contributed by atoms with Gasteiger partial charge in [0, 0.05) is 25.4 Å². The molecule has 0 aromatic carbocycles. The van der Waals surface area contributed by atoms with E-state index in [4.69, 9.17) is 16.6 Å². The van der Waals surface area contributed by atoms with Gasteiger partial charge in [0.15, 0.2) is 5.65 Å². The van der Waals surface area contributed by atoms with Crippen molar-refractivity contribution >= 4 is 22.8 Å². The summed E-state index contributed by atoms with van der Waals surface area (Å²) in [6, 6.07) is 0.529. The minimum absolute atomic E-state index is 0.529. The molecule has 2 aromatic rings. The Labute approximate surface area is 131 Å². The molecule has 0 spiro atoms. The molecular formula is C16H25ClN4. The highest BCUT2D eigenvalue weighted by atomic mass is 35.5. The minimum atomic E-state index is 0.529. The quantitative estimate of drug-likeness (QED) is 0.807. The Bertz CT molecular complexity index is 632. The molecule has 0 aliphatic heterocycles. The molecule has 4 nitrogen and oxygen atoms in total. The highest BCUT2D eigenvalue weighted by Crippen LogP contribution is 2.38. The first-order chi connectivity index (χ1) is 10.0. The van der Waals surface area contributed by atoms with Crippen LogP contribution in [0.1, 0.15) is 50.7 Å². The van der Waals surface area contributed by atoms with Crippen molar-refractivity contribution in [2.45, 2.75) is 52.5 Å². The summed E-state index contributed by atoms with van der Waals surface area (Å²) in [6.07, 6.45) is 4.63. The van der Waals surface area contributed by atoms with Gasteiger partial charge in [-0.2, -0.15) is 5.10 Å². The normalized spacial score (nSPS) is 26.6. The second kappa shape index (κ2) is 5.64. The molecule has 0 amide bonds. The molecule has 1 aliphatic carbocycles. The highest BCUT2D eigenvalue weighted by molar-refractivity contribution is 6.17. The maximum absolute atomic E-state index is 6.00. The number of nitrogens with zero attached hydrogens (tertiary/aromatic N) is 4. The third-order valence-corrected chi connectivity index (χ3v) is 4.93. The Morgan fingerprint density at radius 1 is 1.19 bits per heavy atom. The first kappa shape index (κ1) is 14.9. The zero-order valence-electron chi connectivity index (χ0n) is 13.4. The van der Waals surface area contributed by atoms with Crippen LogP contribution in [0.25, 0.3) is 11.2 Å². The number of hydrogen-bond donors (Lipinski definition) is 0. The lowest BCUT2D eigenvalue weighted by Gasteiger charge is -2.33. The minimum Gasteiger partial charge on any atom is -0.310 e. The molecule has 1 aliphatic rings. The lowest BCUT2D eigenvalue weighted by atomic mass is 9.80. The van der Waals surface area contributed by atoms with E-state index in [-0.39, 0.29) is 0 Å². The van der Waals surface area contributed by atoms with Crippen LogP contribution in [0.15, 0.2) is 0 Å². The summed E-state index contributed by atoms with van der Waals surface area (Å²) in [5.74, 6) is 3.29. The van der Waals surface area contributed by atoms with Gasteiger partial charge in [0.25, 0.3) is 0 Å². The van der Waals surface area contributed by atoms with Gasteiger partial charge in [-0.25, -0.2) is 4.98 Å². The number of fused-ring (bicyclic) bond motifs is 1. The molecule has 116 valence electrons. The van der Waals surface area contributed by atoms with Gasteiger partial charge in [-0.05, 0) is 38.0 Å². The number of rotatable bonds is 3. The topological polar surface area (TPSA) is 35.6 Å². The summed E-state index contributed by atoms with van der Waals surface area (Å²) >= 11 is 6.00. The van der Waals surface area contributed by atoms with E-state index in [0.717, 1.165) is 35.3 Å². The van der Waals surface area contributed by atoms with Gasteiger partial charge in [-0.3, -0.25) is 4.68 Å². The van der Waals surface area contributed by atoms with Crippen molar-refractivity contribution in [3.63, 3.8) is 0 Å². The van der Waals surface area contributed by atoms with Crippen LogP contribution in [0, 0.1) is 18.8 Å². The van der Waals surface area contributed by atoms with Crippen LogP contribution in [0.4, 0.5) is 0 Å². The summed E-state index contributed by atoms with van der Waals surface area (Å²) in [4.78, 5) is 4.84. The van der Waals surface area contributed by atoms with E-state index in [1.54, 1.807) is 0 Å². The zero-order valence-corrected chi connectivity index (χ0v) is 14.2. The van der Waals surface area contributed by atoms with Crippen LogP contribution in [0.5, 0.6) is 0 Å². The zero-order chi connectivity index (χ0) is 15.1. The first-order valence-electron chi connectivity index (χ1n) is 7.97. The summed E-state index contributed by atoms with van der Waals surface area (Å²) in [5, 5.41) is 4.55. The van der Waals surface area contributed by atoms with E-state index < -0.39 is 0 Å². The molecule has 1 fully saturated rings. The summed E-state index contributed by atoms with van der Waals surface area (Å²) in [6.45, 7) is 6.77. The smallest absolute Gasteiger partial charge is 0.158 e. The number of alkyl halides is 1. The SMILES string of the molecule is Cc1nn(C)c2c1nc(CCCl)n2C1CC(C)CC(C)C1. The Kier molecular flexibility index (Phi) is 4.00. The first-order valence-corrected chi connectivity index (χ1v) is 8.51. The van der Waals surface area contributed by atoms with Crippen molar-refractivity contribution in [3.8, 4) is 0 Å². The third-order valence-electron chi connectivity index (χ3n) is 4.75. The van der Waals surface area contributed by atoms with Gasteiger partial charge in [0.2, 0.25) is 0 Å². The fourth-order valence-electron chi connectivity index (χ4n) is 4.10. The van der Waals surface area contributed by atoms with Crippen molar-refractivity contribution in [3.05, 3.63) is 11.5 Å². The van der Waals surface area contributed by atoms with E-state index >= 15 is 0 Å². The van der Waals surface area contributed by atoms with E-state index in [0.29, 0.717) is 11.9 Å². The molecular weight excluding hydrogens is 284 g/mol. The Morgan fingerprint density at radius 2 is 1.86 bits per heavy atom. The average Bonchev–Trinajstić information content (AvgIpc) is 2.88. The van der Waals surface area contributed by atoms with Crippen molar-refractivity contribution in [1.29, 1.82) is 0 Å². The number of aromatic nitrogens is 4. The predicted octanol–water partition coefficient (Wildman–Crippen LogP) is 3.86. The van der Waals surface area contributed by atoms with Gasteiger partial charge in [0.1, 0.15) is 11.3 Å². The summed E-state index contributed by atoms with van der Waals surface area (Å²) < 4.78 is 4.42. The van der Waals surface area contributed by atoms with Crippen molar-refractivity contribution in [2.75, 3.05) is 5.88 Å². The molecule has 0 N–H and O–H groups in total. The van der Waals surface area contributed by atoms with Gasteiger partial charge in [-0.1, -0.05) is 13.8 Å². The van der Waals surface area contributed by atoms with E-state index in [1.165, 1.54) is 24.9 Å². The Balaban J connectivity index is 2.12. The molecule has 2 atom stereocenters. The van der Waals surface area contributed by atoms with Crippen LogP contribution in [0.3, 0.4) is 0 Å². The lowest BCUT2D eigenvalue weighted by molar-refractivity contribution is 0.220. The summed E-state index contributed by atoms with van der Waals surface area (Å²) in [7, 11) is 2.02. The summed E-state index contributed by atoms with van der Waals surface area (Å²) in [5.41, 5.74) is 3.22. The molecule has 21 heavy (non-hydrogen) atoms. The largest absolute Gasteiger partial charge is 0.310 e. The molecule has 3 rings (SSSR count). The average molecular weight is 309 g/mol. The van der Waals surface area contributed by atoms with Crippen LogP contribution >= 0.6 is 11.6 Å². The van der Waals surface area contributed by atoms with Crippen molar-refractivity contribution in [2.24, 2.45) is 18.9 Å². The molecule has 2 aromatic heterocycles. The molecule has 0 radical (unpaired) electrons. The molecule has 1 saturated carbocycles. The number of aryl methyl sites for hydroxylation is 3. The van der Waals surface area contributed by atoms with Gasteiger partial charge < -0.3 is 4.57 Å². The third kappa shape index (κ3) is 2.59. The van der Waals surface area contributed by atoms with Crippen LogP contribution in [0.2, 0.25) is 0 Å². The predicted molar refractivity (Wildman–Crippen MR) is 86.9 cm³/mol. The molecule has 0 bridgehead atoms. The fraction of sp³-hybridized carbons (Fsp3) is 0.750. The van der Waals surface area contributed by atoms with E-state index in [2.05, 4.69) is 23.5 Å². The number of hydrogen-bond acceptors (Lipinski definition) is 2. The van der Waals surface area contributed by atoms with Crippen LogP contribution < -0.4 is 0 Å². The maximum atomic E-state index is 6.00. The number of imidazole rings is 1. The van der Waals surface area contributed by atoms with Gasteiger partial charge in [-0.15, -0.1) is 11.6 Å². The lowest BCUT2D eigenvalue weighted by Crippen LogP contribution is -2.24. The van der Waals surface area contributed by atoms with E-state index in [9.17, 15) is 0 Å². The standard InChI is InChI=1S/C16H25ClN4/c1-10-7-11(2)9-13(8-10)21-14(5-6-17)18-15-12(3)19-20(4)16(15)21/h10-11,13H,5-9H2,1-4H3. The molecule has 5 heteroatoms. The Morgan fingerprint density at radius 3 is 2.48 bits per heavy atom. The molecule has 2 unspecified atom stereocenters. The van der Waals surface area contributed by atoms with E-state index in [1.807, 2.05) is 18.7 Å². The maximum Gasteiger partial charge on any atom is 0.158 e. The molecule has 2 heterocycles. The van der Waals surface area contributed by atoms with Crippen LogP contribution in [-0.2, 0) is 13.5 Å². The van der Waals surface area contributed by atoms with Crippen molar-refractivity contribution in [1.82, 2.24) is 19.3 Å². The second-order valence-electron chi connectivity index (χ2n) is 6.79. The van der Waals surface area contributed by atoms with Crippen LogP contribution in [-0.4, -0.2) is 25.2 Å². The van der Waals surface area contributed by atoms with Gasteiger partial charge in [0.05, 0.1) is 5.69 Å². The highest BCUT2D eigenvalue weighted by Gasteiger charge is 2.29. The second-order valence-corrected chi connectivity index (χ2v) is 7.17.